The molecule has 0 bridgehead atoms. The number of thiazole rings is 1. The van der Waals surface area contributed by atoms with Crippen molar-refractivity contribution in [1.29, 1.82) is 0 Å². The lowest BCUT2D eigenvalue weighted by Crippen LogP contribution is -2.28. The van der Waals surface area contributed by atoms with Crippen molar-refractivity contribution in [2.75, 3.05) is 11.4 Å². The van der Waals surface area contributed by atoms with Crippen LogP contribution in [0.15, 0.2) is 0 Å². The van der Waals surface area contributed by atoms with E-state index in [1.54, 1.807) is 11.3 Å². The van der Waals surface area contributed by atoms with Gasteiger partial charge in [0.2, 0.25) is 0 Å². The molecule has 1 fully saturated rings. The minimum Gasteiger partial charge on any atom is -0.345 e. The molecule has 0 spiro atoms. The molecule has 1 saturated heterocycles. The molecule has 3 rings (SSSR count). The van der Waals surface area contributed by atoms with Crippen LogP contribution in [-0.4, -0.2) is 23.4 Å². The van der Waals surface area contributed by atoms with Gasteiger partial charge in [0.15, 0.2) is 10.9 Å². The summed E-state index contributed by atoms with van der Waals surface area (Å²) in [4.78, 5) is 20.0. The average molecular weight is 250 g/mol. The van der Waals surface area contributed by atoms with Crippen LogP contribution in [0.25, 0.3) is 0 Å². The summed E-state index contributed by atoms with van der Waals surface area (Å²) in [5, 5.41) is 1.09. The van der Waals surface area contributed by atoms with Gasteiger partial charge in [-0.3, -0.25) is 4.79 Å². The summed E-state index contributed by atoms with van der Waals surface area (Å²) >= 11 is 1.75. The fraction of sp³-hybridized carbons (Fsp3) is 0.692. The first-order valence-electron chi connectivity index (χ1n) is 6.59. The normalized spacial score (nSPS) is 24.2. The topological polar surface area (TPSA) is 33.2 Å². The van der Waals surface area contributed by atoms with Gasteiger partial charge in [-0.15, -0.1) is 11.3 Å². The summed E-state index contributed by atoms with van der Waals surface area (Å²) < 4.78 is 0. The number of aryl methyl sites for hydroxylation is 1. The van der Waals surface area contributed by atoms with Crippen molar-refractivity contribution in [3.63, 3.8) is 0 Å². The van der Waals surface area contributed by atoms with E-state index in [-0.39, 0.29) is 5.78 Å². The molecule has 1 atom stereocenters. The molecule has 0 aromatic carbocycles. The summed E-state index contributed by atoms with van der Waals surface area (Å²) in [6, 6.07) is 0.637. The SMILES string of the molecule is CCC1CCCN1c1nc2c(s1)CCCC2=O. The number of nitrogens with zero attached hydrogens (tertiary/aromatic N) is 2. The van der Waals surface area contributed by atoms with E-state index < -0.39 is 0 Å². The summed E-state index contributed by atoms with van der Waals surface area (Å²) in [7, 11) is 0. The minimum atomic E-state index is 0.251. The van der Waals surface area contributed by atoms with Crippen LogP contribution in [-0.2, 0) is 6.42 Å². The molecule has 4 heteroatoms. The molecule has 2 heterocycles. The molecular formula is C13H18N2OS. The van der Waals surface area contributed by atoms with E-state index in [2.05, 4.69) is 16.8 Å². The number of ketones is 1. The molecule has 0 amide bonds. The molecule has 17 heavy (non-hydrogen) atoms. The molecule has 1 unspecified atom stereocenters. The van der Waals surface area contributed by atoms with Crippen LogP contribution in [0.1, 0.15) is 54.4 Å². The van der Waals surface area contributed by atoms with E-state index in [4.69, 9.17) is 0 Å². The largest absolute Gasteiger partial charge is 0.345 e. The highest BCUT2D eigenvalue weighted by atomic mass is 32.1. The molecule has 1 aromatic heterocycles. The van der Waals surface area contributed by atoms with E-state index in [1.807, 2.05) is 0 Å². The van der Waals surface area contributed by atoms with E-state index >= 15 is 0 Å². The van der Waals surface area contributed by atoms with Gasteiger partial charge in [-0.1, -0.05) is 6.92 Å². The maximum Gasteiger partial charge on any atom is 0.186 e. The third kappa shape index (κ3) is 1.88. The Kier molecular flexibility index (Phi) is 2.90. The number of fused-ring (bicyclic) bond motifs is 1. The maximum atomic E-state index is 11.8. The highest BCUT2D eigenvalue weighted by Crippen LogP contribution is 2.35. The molecule has 0 saturated carbocycles. The summed E-state index contributed by atoms with van der Waals surface area (Å²) in [6.45, 7) is 3.35. The van der Waals surface area contributed by atoms with Gasteiger partial charge >= 0.3 is 0 Å². The summed E-state index contributed by atoms with van der Waals surface area (Å²) in [5.74, 6) is 0.251. The molecule has 0 radical (unpaired) electrons. The Balaban J connectivity index is 1.91. The van der Waals surface area contributed by atoms with Crippen LogP contribution in [0.5, 0.6) is 0 Å². The van der Waals surface area contributed by atoms with Crippen LogP contribution in [0, 0.1) is 0 Å². The van der Waals surface area contributed by atoms with Gasteiger partial charge in [-0.25, -0.2) is 4.98 Å². The quantitative estimate of drug-likeness (QED) is 0.809. The Morgan fingerprint density at radius 3 is 3.06 bits per heavy atom. The van der Waals surface area contributed by atoms with Crippen molar-refractivity contribution in [3.05, 3.63) is 10.6 Å². The number of hydrogen-bond donors (Lipinski definition) is 0. The zero-order valence-electron chi connectivity index (χ0n) is 10.2. The van der Waals surface area contributed by atoms with Crippen molar-refractivity contribution in [3.8, 4) is 0 Å². The Hall–Kier alpha value is -0.900. The van der Waals surface area contributed by atoms with Gasteiger partial charge in [-0.05, 0) is 32.1 Å². The number of carbonyl (C=O) groups excluding carboxylic acids is 1. The van der Waals surface area contributed by atoms with Crippen molar-refractivity contribution >= 4 is 22.3 Å². The fourth-order valence-corrected chi connectivity index (χ4v) is 4.11. The predicted octanol–water partition coefficient (Wildman–Crippen LogP) is 3.04. The molecule has 92 valence electrons. The Morgan fingerprint density at radius 2 is 2.29 bits per heavy atom. The maximum absolute atomic E-state index is 11.8. The summed E-state index contributed by atoms with van der Waals surface area (Å²) in [6.07, 6.45) is 6.45. The molecule has 1 aromatic rings. The van der Waals surface area contributed by atoms with E-state index in [1.165, 1.54) is 24.1 Å². The second-order valence-corrected chi connectivity index (χ2v) is 6.00. The molecule has 3 nitrogen and oxygen atoms in total. The molecule has 1 aliphatic heterocycles. The number of aromatic nitrogens is 1. The standard InChI is InChI=1S/C13H18N2OS/c1-2-9-5-4-8-15(9)13-14-12-10(16)6-3-7-11(12)17-13/h9H,2-8H2,1H3. The van der Waals surface area contributed by atoms with Crippen molar-refractivity contribution in [2.45, 2.75) is 51.5 Å². The Morgan fingerprint density at radius 1 is 1.41 bits per heavy atom. The monoisotopic (exact) mass is 250 g/mol. The van der Waals surface area contributed by atoms with Crippen molar-refractivity contribution < 1.29 is 4.79 Å². The van der Waals surface area contributed by atoms with Crippen molar-refractivity contribution in [2.24, 2.45) is 0 Å². The van der Waals surface area contributed by atoms with E-state index in [0.717, 1.165) is 30.2 Å². The van der Waals surface area contributed by atoms with Gasteiger partial charge in [-0.2, -0.15) is 0 Å². The van der Waals surface area contributed by atoms with Crippen LogP contribution in [0.2, 0.25) is 0 Å². The van der Waals surface area contributed by atoms with Crippen LogP contribution in [0.4, 0.5) is 5.13 Å². The number of anilines is 1. The number of carbonyl (C=O) groups is 1. The molecular weight excluding hydrogens is 232 g/mol. The molecule has 2 aliphatic rings. The lowest BCUT2D eigenvalue weighted by molar-refractivity contribution is 0.0968. The average Bonchev–Trinajstić information content (AvgIpc) is 2.94. The first-order valence-corrected chi connectivity index (χ1v) is 7.40. The third-order valence-electron chi connectivity index (χ3n) is 3.85. The molecule has 1 aliphatic carbocycles. The lowest BCUT2D eigenvalue weighted by Gasteiger charge is -2.22. The van der Waals surface area contributed by atoms with Gasteiger partial charge < -0.3 is 4.90 Å². The van der Waals surface area contributed by atoms with Gasteiger partial charge in [0.05, 0.1) is 0 Å². The second kappa shape index (κ2) is 4.41. The van der Waals surface area contributed by atoms with E-state index in [9.17, 15) is 4.79 Å². The first-order chi connectivity index (χ1) is 8.29. The smallest absolute Gasteiger partial charge is 0.186 e. The summed E-state index contributed by atoms with van der Waals surface area (Å²) in [5.41, 5.74) is 0.776. The minimum absolute atomic E-state index is 0.251. The number of rotatable bonds is 2. The van der Waals surface area contributed by atoms with Gasteiger partial charge in [0.1, 0.15) is 5.69 Å². The molecule has 0 N–H and O–H groups in total. The zero-order chi connectivity index (χ0) is 11.8. The highest BCUT2D eigenvalue weighted by molar-refractivity contribution is 7.16. The fourth-order valence-electron chi connectivity index (χ4n) is 2.89. The number of hydrogen-bond acceptors (Lipinski definition) is 4. The van der Waals surface area contributed by atoms with Gasteiger partial charge in [0, 0.05) is 23.9 Å². The predicted molar refractivity (Wildman–Crippen MR) is 70.0 cm³/mol. The van der Waals surface area contributed by atoms with Crippen LogP contribution in [0.3, 0.4) is 0 Å². The van der Waals surface area contributed by atoms with Crippen molar-refractivity contribution in [1.82, 2.24) is 4.98 Å². The van der Waals surface area contributed by atoms with E-state index in [0.29, 0.717) is 12.5 Å². The zero-order valence-corrected chi connectivity index (χ0v) is 11.1. The third-order valence-corrected chi connectivity index (χ3v) is 5.00. The Labute approximate surface area is 106 Å². The Bertz CT molecular complexity index is 441. The van der Waals surface area contributed by atoms with Crippen LogP contribution < -0.4 is 4.90 Å². The highest BCUT2D eigenvalue weighted by Gasteiger charge is 2.29. The second-order valence-electron chi connectivity index (χ2n) is 4.94. The number of Topliss-reactive ketones (excluding diaryl/α,β-unsaturated/α-hetero) is 1. The van der Waals surface area contributed by atoms with Gasteiger partial charge in [0.25, 0.3) is 0 Å². The lowest BCUT2D eigenvalue weighted by atomic mass is 10.0. The van der Waals surface area contributed by atoms with Crippen LogP contribution >= 0.6 is 11.3 Å². The first kappa shape index (κ1) is 11.2.